The highest BCUT2D eigenvalue weighted by molar-refractivity contribution is 6.35. The normalized spacial score (nSPS) is 18.9. The molecule has 0 saturated carbocycles. The predicted octanol–water partition coefficient (Wildman–Crippen LogP) is 4.24. The number of benzene rings is 2. The van der Waals surface area contributed by atoms with Gasteiger partial charge in [-0.15, -0.1) is 0 Å². The molecular weight excluding hydrogens is 340 g/mol. The molecule has 5 nitrogen and oxygen atoms in total. The molecule has 1 aliphatic heterocycles. The molecule has 2 heterocycles. The van der Waals surface area contributed by atoms with Gasteiger partial charge < -0.3 is 14.9 Å². The summed E-state index contributed by atoms with van der Waals surface area (Å²) in [5.41, 5.74) is 1.44. The molecule has 128 valence electrons. The first-order valence-electron chi connectivity index (χ1n) is 7.97. The molecule has 1 atom stereocenters. The lowest BCUT2D eigenvalue weighted by Gasteiger charge is -2.39. The van der Waals surface area contributed by atoms with Crippen molar-refractivity contribution in [2.75, 3.05) is 0 Å². The van der Waals surface area contributed by atoms with E-state index in [9.17, 15) is 10.2 Å². The summed E-state index contributed by atoms with van der Waals surface area (Å²) in [6, 6.07) is 11.3. The molecule has 1 aliphatic rings. The molecule has 4 rings (SSSR count). The average Bonchev–Trinajstić information content (AvgIpc) is 2.55. The van der Waals surface area contributed by atoms with Crippen LogP contribution >= 0.6 is 11.6 Å². The van der Waals surface area contributed by atoms with Gasteiger partial charge >= 0.3 is 6.01 Å². The molecule has 1 unspecified atom stereocenters. The van der Waals surface area contributed by atoms with E-state index < -0.39 is 11.4 Å². The number of rotatable bonds is 1. The second-order valence-corrected chi connectivity index (χ2v) is 7.18. The second-order valence-electron chi connectivity index (χ2n) is 6.77. The van der Waals surface area contributed by atoms with Gasteiger partial charge in [-0.05, 0) is 17.0 Å². The summed E-state index contributed by atoms with van der Waals surface area (Å²) >= 11 is 6.46. The van der Waals surface area contributed by atoms with Crippen LogP contribution in [0.25, 0.3) is 10.8 Å². The van der Waals surface area contributed by atoms with Crippen molar-refractivity contribution < 1.29 is 14.9 Å². The first-order valence-corrected chi connectivity index (χ1v) is 8.35. The minimum Gasteiger partial charge on any atom is -0.493 e. The highest BCUT2D eigenvalue weighted by Gasteiger charge is 2.42. The molecular formula is C19H17ClN2O3. The van der Waals surface area contributed by atoms with E-state index in [0.29, 0.717) is 16.3 Å². The zero-order valence-electron chi connectivity index (χ0n) is 13.8. The summed E-state index contributed by atoms with van der Waals surface area (Å²) in [5.74, 6) is -0.245. The van der Waals surface area contributed by atoms with Crippen LogP contribution in [0.2, 0.25) is 5.02 Å². The SMILES string of the molecule is CC1(C)c2nc(O)nc(O)c2COC1c1cccc2cccc(Cl)c12. The molecule has 0 saturated heterocycles. The smallest absolute Gasteiger partial charge is 0.317 e. The molecule has 2 aromatic carbocycles. The van der Waals surface area contributed by atoms with Gasteiger partial charge in [0.15, 0.2) is 0 Å². The summed E-state index contributed by atoms with van der Waals surface area (Å²) in [5, 5.41) is 22.4. The predicted molar refractivity (Wildman–Crippen MR) is 94.9 cm³/mol. The zero-order valence-corrected chi connectivity index (χ0v) is 14.6. The van der Waals surface area contributed by atoms with Gasteiger partial charge in [0.05, 0.1) is 24.0 Å². The molecule has 25 heavy (non-hydrogen) atoms. The minimum absolute atomic E-state index is 0.163. The van der Waals surface area contributed by atoms with Crippen LogP contribution in [-0.2, 0) is 16.8 Å². The number of fused-ring (bicyclic) bond motifs is 2. The van der Waals surface area contributed by atoms with Gasteiger partial charge in [-0.2, -0.15) is 9.97 Å². The molecule has 0 spiro atoms. The molecule has 0 amide bonds. The number of halogens is 1. The Balaban J connectivity index is 1.94. The van der Waals surface area contributed by atoms with Crippen LogP contribution in [0.4, 0.5) is 0 Å². The van der Waals surface area contributed by atoms with Gasteiger partial charge in [-0.25, -0.2) is 0 Å². The van der Waals surface area contributed by atoms with Crippen LogP contribution < -0.4 is 0 Å². The first-order chi connectivity index (χ1) is 11.9. The quantitative estimate of drug-likeness (QED) is 0.682. The topological polar surface area (TPSA) is 75.5 Å². The third-order valence-corrected chi connectivity index (χ3v) is 5.12. The van der Waals surface area contributed by atoms with Crippen LogP contribution in [0.5, 0.6) is 11.9 Å². The molecule has 0 radical (unpaired) electrons. The van der Waals surface area contributed by atoms with Gasteiger partial charge in [-0.3, -0.25) is 0 Å². The maximum Gasteiger partial charge on any atom is 0.317 e. The summed E-state index contributed by atoms with van der Waals surface area (Å²) in [4.78, 5) is 7.79. The molecule has 0 fully saturated rings. The monoisotopic (exact) mass is 356 g/mol. The Morgan fingerprint density at radius 1 is 1.12 bits per heavy atom. The van der Waals surface area contributed by atoms with E-state index in [1.54, 1.807) is 0 Å². The summed E-state index contributed by atoms with van der Waals surface area (Å²) in [6.07, 6.45) is -0.336. The Labute approximate surface area is 149 Å². The molecule has 6 heteroatoms. The fraction of sp³-hybridized carbons (Fsp3) is 0.263. The maximum atomic E-state index is 10.0. The summed E-state index contributed by atoms with van der Waals surface area (Å²) in [7, 11) is 0. The number of hydrogen-bond acceptors (Lipinski definition) is 5. The Kier molecular flexibility index (Phi) is 3.60. The van der Waals surface area contributed by atoms with Gasteiger partial charge in [0.1, 0.15) is 0 Å². The van der Waals surface area contributed by atoms with Gasteiger partial charge in [0, 0.05) is 15.8 Å². The highest BCUT2D eigenvalue weighted by Crippen LogP contribution is 2.48. The number of nitrogens with zero attached hydrogens (tertiary/aromatic N) is 2. The molecule has 3 aromatic rings. The number of ether oxygens (including phenoxy) is 1. The highest BCUT2D eigenvalue weighted by atomic mass is 35.5. The number of aromatic nitrogens is 2. The van der Waals surface area contributed by atoms with E-state index in [2.05, 4.69) is 9.97 Å². The van der Waals surface area contributed by atoms with E-state index in [4.69, 9.17) is 16.3 Å². The second kappa shape index (κ2) is 5.58. The van der Waals surface area contributed by atoms with E-state index in [-0.39, 0.29) is 18.6 Å². The fourth-order valence-corrected chi connectivity index (χ4v) is 3.94. The van der Waals surface area contributed by atoms with Crippen molar-refractivity contribution in [3.8, 4) is 11.9 Å². The maximum absolute atomic E-state index is 10.0. The van der Waals surface area contributed by atoms with Crippen molar-refractivity contribution in [3.05, 3.63) is 58.2 Å². The first kappa shape index (κ1) is 16.1. The number of hydrogen-bond donors (Lipinski definition) is 2. The van der Waals surface area contributed by atoms with Crippen molar-refractivity contribution in [1.29, 1.82) is 0 Å². The van der Waals surface area contributed by atoms with Crippen molar-refractivity contribution in [3.63, 3.8) is 0 Å². The molecule has 0 bridgehead atoms. The lowest BCUT2D eigenvalue weighted by molar-refractivity contribution is -0.0259. The Morgan fingerprint density at radius 3 is 2.60 bits per heavy atom. The molecule has 0 aliphatic carbocycles. The third-order valence-electron chi connectivity index (χ3n) is 4.80. The Bertz CT molecular complexity index is 983. The van der Waals surface area contributed by atoms with Crippen molar-refractivity contribution in [2.45, 2.75) is 32.0 Å². The van der Waals surface area contributed by atoms with Gasteiger partial charge in [0.25, 0.3) is 0 Å². The lowest BCUT2D eigenvalue weighted by atomic mass is 9.75. The summed E-state index contributed by atoms with van der Waals surface area (Å²) in [6.45, 7) is 4.10. The van der Waals surface area contributed by atoms with E-state index in [1.807, 2.05) is 50.2 Å². The van der Waals surface area contributed by atoms with Crippen LogP contribution in [0.3, 0.4) is 0 Å². The number of aromatic hydroxyl groups is 2. The lowest BCUT2D eigenvalue weighted by Crippen LogP contribution is -2.35. The molecule has 2 N–H and O–H groups in total. The average molecular weight is 357 g/mol. The van der Waals surface area contributed by atoms with Crippen LogP contribution in [0.1, 0.15) is 36.8 Å². The van der Waals surface area contributed by atoms with E-state index >= 15 is 0 Å². The van der Waals surface area contributed by atoms with Crippen LogP contribution in [0, 0.1) is 0 Å². The minimum atomic E-state index is -0.598. The van der Waals surface area contributed by atoms with Gasteiger partial charge in [0.2, 0.25) is 5.88 Å². The van der Waals surface area contributed by atoms with E-state index in [0.717, 1.165) is 16.3 Å². The van der Waals surface area contributed by atoms with Crippen molar-refractivity contribution >= 4 is 22.4 Å². The van der Waals surface area contributed by atoms with Crippen molar-refractivity contribution in [1.82, 2.24) is 9.97 Å². The fourth-order valence-electron chi connectivity index (χ4n) is 3.65. The Morgan fingerprint density at radius 2 is 1.84 bits per heavy atom. The van der Waals surface area contributed by atoms with Crippen LogP contribution in [0.15, 0.2) is 36.4 Å². The van der Waals surface area contributed by atoms with Gasteiger partial charge in [-0.1, -0.05) is 55.8 Å². The van der Waals surface area contributed by atoms with Crippen molar-refractivity contribution in [2.24, 2.45) is 0 Å². The zero-order chi connectivity index (χ0) is 17.8. The Hall–Kier alpha value is -2.37. The molecule has 1 aromatic heterocycles. The summed E-state index contributed by atoms with van der Waals surface area (Å²) < 4.78 is 6.11. The van der Waals surface area contributed by atoms with E-state index in [1.165, 1.54) is 0 Å². The van der Waals surface area contributed by atoms with Crippen LogP contribution in [-0.4, -0.2) is 20.2 Å². The standard InChI is InChI=1S/C19H17ClN2O3/c1-19(2)15-12(17(23)22-18(24)21-15)9-25-16(19)11-7-3-5-10-6-4-8-13(20)14(10)11/h3-8,16H,9H2,1-2H3,(H2,21,22,23,24). The third kappa shape index (κ3) is 2.42. The largest absolute Gasteiger partial charge is 0.493 e.